The molecule has 0 fully saturated rings. The lowest BCUT2D eigenvalue weighted by Crippen LogP contribution is -2.08. The molecule has 0 N–H and O–H groups in total. The van der Waals surface area contributed by atoms with Gasteiger partial charge in [0, 0.05) is 27.4 Å². The van der Waals surface area contributed by atoms with Crippen molar-refractivity contribution in [3.05, 3.63) is 200 Å². The molecule has 0 aliphatic carbocycles. The summed E-state index contributed by atoms with van der Waals surface area (Å²) in [5.41, 5.74) is 9.36. The Balaban J connectivity index is 2.36. The van der Waals surface area contributed by atoms with Gasteiger partial charge in [0.1, 0.15) is 11.5 Å². The van der Waals surface area contributed by atoms with E-state index in [4.69, 9.17) is 9.05 Å². The maximum absolute atomic E-state index is 15.6. The van der Waals surface area contributed by atoms with Crippen LogP contribution in [0.5, 0.6) is 11.5 Å². The normalized spacial score (nSPS) is 10.8. The van der Waals surface area contributed by atoms with Gasteiger partial charge in [0.05, 0.1) is 0 Å². The van der Waals surface area contributed by atoms with Crippen molar-refractivity contribution in [2.75, 3.05) is 0 Å². The van der Waals surface area contributed by atoms with Crippen molar-refractivity contribution >= 4 is 18.2 Å². The Labute approximate surface area is 305 Å². The minimum atomic E-state index is -4.07. The van der Waals surface area contributed by atoms with E-state index >= 15 is 4.57 Å². The summed E-state index contributed by atoms with van der Waals surface area (Å²) in [4.78, 5) is 0.789. The lowest BCUT2D eigenvalue weighted by Gasteiger charge is -2.26. The summed E-state index contributed by atoms with van der Waals surface area (Å²) in [5, 5.41) is 0. The standard InChI is InChI=1S/C45H51O3PS/c1-10-19-34-28-31-43(40(25-16-7)37(34)22-13-4)47-49(46,48-44-32-29-35(20-11-2)38(23-14-5)41(44)26-17-8)50-45-33-30-36(21-12-3)39(24-15-6)42(45)27-18-9/h10-18,28-33H,1-9,19-27H2. The SMILES string of the molecule is C=CCc1ccc(OP(=O)(Oc2ccc(CC=C)c(CC=C)c2CC=C)Sc2ccc(CC=C)c(CC=C)c2CC=C)c(CC=C)c1CC=C. The second-order valence-electron chi connectivity index (χ2n) is 11.7. The fourth-order valence-corrected chi connectivity index (χ4v) is 9.74. The Morgan fingerprint density at radius 2 is 0.720 bits per heavy atom. The molecule has 260 valence electrons. The molecule has 0 aliphatic heterocycles. The lowest BCUT2D eigenvalue weighted by molar-refractivity contribution is 0.404. The van der Waals surface area contributed by atoms with Crippen LogP contribution >= 0.6 is 18.2 Å². The predicted octanol–water partition coefficient (Wildman–Crippen LogP) is 12.6. The first-order chi connectivity index (χ1) is 24.3. The van der Waals surface area contributed by atoms with E-state index in [0.717, 1.165) is 66.3 Å². The fourth-order valence-electron chi connectivity index (χ4n) is 6.17. The van der Waals surface area contributed by atoms with Crippen LogP contribution in [0.2, 0.25) is 0 Å². The maximum Gasteiger partial charge on any atom is 0.497 e. The highest BCUT2D eigenvalue weighted by molar-refractivity contribution is 8.55. The highest BCUT2D eigenvalue weighted by atomic mass is 32.7. The predicted molar refractivity (Wildman–Crippen MR) is 219 cm³/mol. The number of benzene rings is 3. The van der Waals surface area contributed by atoms with Crippen molar-refractivity contribution < 1.29 is 13.6 Å². The van der Waals surface area contributed by atoms with Gasteiger partial charge in [0.25, 0.3) is 0 Å². The van der Waals surface area contributed by atoms with Crippen molar-refractivity contribution in [2.24, 2.45) is 0 Å². The average molecular weight is 703 g/mol. The topological polar surface area (TPSA) is 35.5 Å². The summed E-state index contributed by atoms with van der Waals surface area (Å²) < 4.78 is 29.0. The largest absolute Gasteiger partial charge is 0.497 e. The molecule has 3 aromatic carbocycles. The van der Waals surface area contributed by atoms with E-state index in [2.05, 4.69) is 65.3 Å². The molecule has 0 spiro atoms. The molecule has 0 aromatic heterocycles. The minimum absolute atomic E-state index is 0.477. The first kappa shape index (κ1) is 39.9. The third kappa shape index (κ3) is 10.0. The number of rotatable bonds is 24. The van der Waals surface area contributed by atoms with E-state index in [9.17, 15) is 0 Å². The van der Waals surface area contributed by atoms with E-state index < -0.39 is 6.80 Å². The molecule has 0 aliphatic rings. The number of allylic oxidation sites excluding steroid dienone is 9. The third-order valence-electron chi connectivity index (χ3n) is 8.27. The summed E-state index contributed by atoms with van der Waals surface area (Å²) >= 11 is 1.11. The van der Waals surface area contributed by atoms with E-state index in [1.807, 2.05) is 85.0 Å². The Kier molecular flexibility index (Phi) is 16.2. The molecular weight excluding hydrogens is 652 g/mol. The molecule has 3 rings (SSSR count). The van der Waals surface area contributed by atoms with Crippen molar-refractivity contribution in [3.8, 4) is 11.5 Å². The Morgan fingerprint density at radius 1 is 0.420 bits per heavy atom. The number of hydrogen-bond donors (Lipinski definition) is 0. The Hall–Kier alpha value is -4.50. The summed E-state index contributed by atoms with van der Waals surface area (Å²) in [6, 6.07) is 11.8. The minimum Gasteiger partial charge on any atom is -0.408 e. The number of hydrogen-bond acceptors (Lipinski definition) is 4. The molecule has 0 radical (unpaired) electrons. The van der Waals surface area contributed by atoms with Gasteiger partial charge in [-0.2, -0.15) is 0 Å². The van der Waals surface area contributed by atoms with Crippen LogP contribution in [-0.4, -0.2) is 0 Å². The van der Waals surface area contributed by atoms with Gasteiger partial charge in [-0.25, -0.2) is 4.57 Å². The van der Waals surface area contributed by atoms with Crippen molar-refractivity contribution in [2.45, 2.75) is 62.7 Å². The molecule has 0 bridgehead atoms. The highest BCUT2D eigenvalue weighted by Gasteiger charge is 2.35. The quantitative estimate of drug-likeness (QED) is 0.0688. The van der Waals surface area contributed by atoms with Crippen LogP contribution in [0.1, 0.15) is 50.1 Å². The fraction of sp³-hybridized carbons (Fsp3) is 0.200. The monoisotopic (exact) mass is 702 g/mol. The molecular formula is C45H51O3PS. The van der Waals surface area contributed by atoms with Gasteiger partial charge in [-0.1, -0.05) is 72.9 Å². The highest BCUT2D eigenvalue weighted by Crippen LogP contribution is 2.64. The molecule has 0 saturated heterocycles. The van der Waals surface area contributed by atoms with Crippen LogP contribution in [0.3, 0.4) is 0 Å². The lowest BCUT2D eigenvalue weighted by atomic mass is 9.93. The molecule has 0 atom stereocenters. The van der Waals surface area contributed by atoms with Crippen molar-refractivity contribution in [1.82, 2.24) is 0 Å². The Morgan fingerprint density at radius 3 is 1.08 bits per heavy atom. The van der Waals surface area contributed by atoms with Gasteiger partial charge in [0.2, 0.25) is 0 Å². The van der Waals surface area contributed by atoms with Gasteiger partial charge >= 0.3 is 6.80 Å². The van der Waals surface area contributed by atoms with Crippen LogP contribution < -0.4 is 9.05 Å². The molecule has 0 unspecified atom stereocenters. The van der Waals surface area contributed by atoms with E-state index in [-0.39, 0.29) is 0 Å². The summed E-state index contributed by atoms with van der Waals surface area (Å²) in [7, 11) is 0. The van der Waals surface area contributed by atoms with Gasteiger partial charge in [-0.05, 0) is 115 Å². The van der Waals surface area contributed by atoms with Crippen LogP contribution in [0.25, 0.3) is 0 Å². The molecule has 3 nitrogen and oxygen atoms in total. The third-order valence-corrected chi connectivity index (χ3v) is 11.6. The molecule has 0 amide bonds. The average Bonchev–Trinajstić information content (AvgIpc) is 3.09. The first-order valence-electron chi connectivity index (χ1n) is 16.9. The zero-order chi connectivity index (χ0) is 36.5. The van der Waals surface area contributed by atoms with Crippen LogP contribution in [0.4, 0.5) is 0 Å². The van der Waals surface area contributed by atoms with Crippen LogP contribution in [0.15, 0.2) is 155 Å². The molecule has 0 heterocycles. The van der Waals surface area contributed by atoms with Gasteiger partial charge in [0.15, 0.2) is 0 Å². The van der Waals surface area contributed by atoms with Crippen molar-refractivity contribution in [1.29, 1.82) is 0 Å². The molecule has 5 heteroatoms. The summed E-state index contributed by atoms with van der Waals surface area (Å²) in [6.07, 6.45) is 22.3. The smallest absolute Gasteiger partial charge is 0.408 e. The van der Waals surface area contributed by atoms with Crippen LogP contribution in [-0.2, 0) is 62.4 Å². The first-order valence-corrected chi connectivity index (χ1v) is 19.8. The molecule has 50 heavy (non-hydrogen) atoms. The maximum atomic E-state index is 15.6. The molecule has 3 aromatic rings. The zero-order valence-electron chi connectivity index (χ0n) is 29.5. The summed E-state index contributed by atoms with van der Waals surface area (Å²) in [5.74, 6) is 0.954. The second kappa shape index (κ2) is 20.2. The summed E-state index contributed by atoms with van der Waals surface area (Å²) in [6.45, 7) is 31.9. The second-order valence-corrected chi connectivity index (χ2v) is 15.5. The van der Waals surface area contributed by atoms with Crippen molar-refractivity contribution in [3.63, 3.8) is 0 Å². The van der Waals surface area contributed by atoms with Gasteiger partial charge in [-0.3, -0.25) is 0 Å². The van der Waals surface area contributed by atoms with E-state index in [0.29, 0.717) is 69.3 Å². The van der Waals surface area contributed by atoms with E-state index in [1.54, 1.807) is 0 Å². The molecule has 0 saturated carbocycles. The van der Waals surface area contributed by atoms with Gasteiger partial charge in [-0.15, -0.1) is 59.2 Å². The van der Waals surface area contributed by atoms with E-state index in [1.165, 1.54) is 0 Å². The Bertz CT molecular complexity index is 1600. The zero-order valence-corrected chi connectivity index (χ0v) is 31.2. The van der Waals surface area contributed by atoms with Gasteiger partial charge < -0.3 is 9.05 Å². The van der Waals surface area contributed by atoms with Crippen LogP contribution in [0, 0.1) is 0 Å².